The topological polar surface area (TPSA) is 50.4 Å². The summed E-state index contributed by atoms with van der Waals surface area (Å²) in [6.07, 6.45) is 1.58. The van der Waals surface area contributed by atoms with Crippen LogP contribution in [-0.2, 0) is 4.79 Å². The molecule has 0 bridgehead atoms. The summed E-state index contributed by atoms with van der Waals surface area (Å²) in [5.41, 5.74) is 0.807. The van der Waals surface area contributed by atoms with Crippen molar-refractivity contribution in [2.75, 3.05) is 11.9 Å². The molecule has 4 heteroatoms. The number of amides is 1. The number of hydrogen-bond acceptors (Lipinski definition) is 3. The summed E-state index contributed by atoms with van der Waals surface area (Å²) >= 11 is 0. The Morgan fingerprint density at radius 1 is 1.33 bits per heavy atom. The van der Waals surface area contributed by atoms with Gasteiger partial charge in [-0.15, -0.1) is 0 Å². The summed E-state index contributed by atoms with van der Waals surface area (Å²) in [7, 11) is 0. The highest BCUT2D eigenvalue weighted by Crippen LogP contribution is 2.19. The van der Waals surface area contributed by atoms with Crippen molar-refractivity contribution in [2.24, 2.45) is 0 Å². The third kappa shape index (κ3) is 7.71. The summed E-state index contributed by atoms with van der Waals surface area (Å²) in [6.45, 7) is 11.0. The van der Waals surface area contributed by atoms with Gasteiger partial charge in [0.2, 0.25) is 5.91 Å². The zero-order valence-corrected chi connectivity index (χ0v) is 13.8. The molecule has 0 saturated heterocycles. The minimum absolute atomic E-state index is 0.00689. The molecular weight excluding hydrogens is 264 g/mol. The van der Waals surface area contributed by atoms with Gasteiger partial charge in [-0.2, -0.15) is 0 Å². The number of hydrogen-bond donors (Lipinski definition) is 2. The Morgan fingerprint density at radius 2 is 2.05 bits per heavy atom. The molecule has 2 N–H and O–H groups in total. The van der Waals surface area contributed by atoms with Crippen LogP contribution in [0.15, 0.2) is 24.3 Å². The van der Waals surface area contributed by atoms with Crippen LogP contribution in [0.2, 0.25) is 0 Å². The predicted molar refractivity (Wildman–Crippen MR) is 87.8 cm³/mol. The van der Waals surface area contributed by atoms with Gasteiger partial charge in [-0.25, -0.2) is 0 Å². The van der Waals surface area contributed by atoms with Crippen LogP contribution in [0.4, 0.5) is 5.69 Å². The van der Waals surface area contributed by atoms with E-state index < -0.39 is 0 Å². The van der Waals surface area contributed by atoms with E-state index in [1.54, 1.807) is 0 Å². The van der Waals surface area contributed by atoms with Crippen LogP contribution in [0.3, 0.4) is 0 Å². The molecule has 0 aliphatic heterocycles. The summed E-state index contributed by atoms with van der Waals surface area (Å²) in [5.74, 6) is 0.794. The van der Waals surface area contributed by atoms with Gasteiger partial charge in [0.1, 0.15) is 5.75 Å². The molecule has 1 amide bonds. The monoisotopic (exact) mass is 292 g/mol. The molecule has 0 aliphatic carbocycles. The first kappa shape index (κ1) is 17.5. The van der Waals surface area contributed by atoms with Crippen LogP contribution in [0, 0.1) is 0 Å². The Kier molecular flexibility index (Phi) is 6.69. The quantitative estimate of drug-likeness (QED) is 0.807. The van der Waals surface area contributed by atoms with Crippen molar-refractivity contribution in [3.8, 4) is 5.75 Å². The van der Waals surface area contributed by atoms with Gasteiger partial charge in [-0.05, 0) is 46.2 Å². The van der Waals surface area contributed by atoms with Crippen molar-refractivity contribution in [2.45, 2.75) is 59.1 Å². The molecule has 0 radical (unpaired) electrons. The van der Waals surface area contributed by atoms with Crippen LogP contribution < -0.4 is 15.4 Å². The fourth-order valence-electron chi connectivity index (χ4n) is 1.74. The van der Waals surface area contributed by atoms with Crippen LogP contribution in [0.25, 0.3) is 0 Å². The molecule has 0 fully saturated rings. The highest BCUT2D eigenvalue weighted by Gasteiger charge is 2.10. The van der Waals surface area contributed by atoms with E-state index in [0.717, 1.165) is 17.9 Å². The molecule has 1 rings (SSSR count). The molecule has 0 aromatic heterocycles. The normalized spacial score (nSPS) is 12.8. The van der Waals surface area contributed by atoms with Crippen molar-refractivity contribution in [3.05, 3.63) is 24.3 Å². The lowest BCUT2D eigenvalue weighted by molar-refractivity contribution is -0.116. The number of rotatable bonds is 7. The highest BCUT2D eigenvalue weighted by molar-refractivity contribution is 5.91. The van der Waals surface area contributed by atoms with E-state index in [1.165, 1.54) is 0 Å². The Morgan fingerprint density at radius 3 is 2.67 bits per heavy atom. The van der Waals surface area contributed by atoms with E-state index in [9.17, 15) is 4.79 Å². The number of benzene rings is 1. The lowest BCUT2D eigenvalue weighted by Gasteiger charge is -2.20. The van der Waals surface area contributed by atoms with Gasteiger partial charge in [-0.1, -0.05) is 13.0 Å². The van der Waals surface area contributed by atoms with Crippen molar-refractivity contribution < 1.29 is 9.53 Å². The molecule has 1 atom stereocenters. The Balaban J connectivity index is 2.47. The minimum Gasteiger partial charge on any atom is -0.491 e. The summed E-state index contributed by atoms with van der Waals surface area (Å²) in [4.78, 5) is 11.9. The molecule has 1 aromatic carbocycles. The zero-order valence-electron chi connectivity index (χ0n) is 13.8. The molecular formula is C17H28N2O2. The Labute approximate surface area is 128 Å². The fourth-order valence-corrected chi connectivity index (χ4v) is 1.74. The van der Waals surface area contributed by atoms with E-state index in [4.69, 9.17) is 4.74 Å². The van der Waals surface area contributed by atoms with E-state index in [2.05, 4.69) is 38.3 Å². The average molecular weight is 292 g/mol. The smallest absolute Gasteiger partial charge is 0.225 e. The number of nitrogens with one attached hydrogen (secondary N) is 2. The van der Waals surface area contributed by atoms with E-state index >= 15 is 0 Å². The van der Waals surface area contributed by atoms with E-state index in [1.807, 2.05) is 31.2 Å². The molecule has 1 unspecified atom stereocenters. The van der Waals surface area contributed by atoms with E-state index in [0.29, 0.717) is 13.0 Å². The summed E-state index contributed by atoms with van der Waals surface area (Å²) < 4.78 is 5.75. The predicted octanol–water partition coefficient (Wildman–Crippen LogP) is 3.58. The van der Waals surface area contributed by atoms with Gasteiger partial charge in [0.15, 0.2) is 0 Å². The van der Waals surface area contributed by atoms with E-state index in [-0.39, 0.29) is 17.6 Å². The average Bonchev–Trinajstić information content (AvgIpc) is 2.37. The maximum atomic E-state index is 11.9. The zero-order chi connectivity index (χ0) is 15.9. The van der Waals surface area contributed by atoms with Crippen LogP contribution in [0.1, 0.15) is 47.5 Å². The largest absolute Gasteiger partial charge is 0.491 e. The van der Waals surface area contributed by atoms with Crippen LogP contribution in [-0.4, -0.2) is 24.1 Å². The molecule has 4 nitrogen and oxygen atoms in total. The first-order valence-electron chi connectivity index (χ1n) is 7.62. The second kappa shape index (κ2) is 8.03. The Hall–Kier alpha value is -1.55. The standard InChI is InChI=1S/C17H28N2O2/c1-6-13(2)21-15-9-7-8-14(12-15)19-16(20)10-11-18-17(3,4)5/h7-9,12-13,18H,6,10-11H2,1-5H3,(H,19,20). The van der Waals surface area contributed by atoms with Gasteiger partial charge in [0.25, 0.3) is 0 Å². The second-order valence-corrected chi connectivity index (χ2v) is 6.34. The third-order valence-electron chi connectivity index (χ3n) is 3.04. The molecule has 0 spiro atoms. The molecule has 0 saturated carbocycles. The first-order valence-corrected chi connectivity index (χ1v) is 7.62. The second-order valence-electron chi connectivity index (χ2n) is 6.34. The van der Waals surface area contributed by atoms with Gasteiger partial charge >= 0.3 is 0 Å². The van der Waals surface area contributed by atoms with Gasteiger partial charge in [0.05, 0.1) is 6.10 Å². The lowest BCUT2D eigenvalue weighted by Crippen LogP contribution is -2.37. The van der Waals surface area contributed by atoms with Crippen molar-refractivity contribution in [1.82, 2.24) is 5.32 Å². The van der Waals surface area contributed by atoms with Gasteiger partial charge < -0.3 is 15.4 Å². The number of carbonyl (C=O) groups is 1. The van der Waals surface area contributed by atoms with Crippen molar-refractivity contribution in [3.63, 3.8) is 0 Å². The molecule has 0 heterocycles. The Bertz CT molecular complexity index is 452. The number of ether oxygens (including phenoxy) is 1. The first-order chi connectivity index (χ1) is 9.80. The highest BCUT2D eigenvalue weighted by atomic mass is 16.5. The third-order valence-corrected chi connectivity index (χ3v) is 3.04. The van der Waals surface area contributed by atoms with Crippen LogP contribution in [0.5, 0.6) is 5.75 Å². The van der Waals surface area contributed by atoms with Gasteiger partial charge in [-0.3, -0.25) is 4.79 Å². The van der Waals surface area contributed by atoms with Crippen molar-refractivity contribution in [1.29, 1.82) is 0 Å². The molecule has 0 aliphatic rings. The lowest BCUT2D eigenvalue weighted by atomic mass is 10.1. The SMILES string of the molecule is CCC(C)Oc1cccc(NC(=O)CCNC(C)(C)C)c1. The fraction of sp³-hybridized carbons (Fsp3) is 0.588. The minimum atomic E-state index is 0.00689. The van der Waals surface area contributed by atoms with Crippen LogP contribution >= 0.6 is 0 Å². The molecule has 118 valence electrons. The molecule has 1 aromatic rings. The number of carbonyl (C=O) groups excluding carboxylic acids is 1. The molecule has 21 heavy (non-hydrogen) atoms. The maximum absolute atomic E-state index is 11.9. The van der Waals surface area contributed by atoms with Crippen molar-refractivity contribution >= 4 is 11.6 Å². The summed E-state index contributed by atoms with van der Waals surface area (Å²) in [6, 6.07) is 7.53. The number of anilines is 1. The summed E-state index contributed by atoms with van der Waals surface area (Å²) in [5, 5.41) is 6.20. The van der Waals surface area contributed by atoms with Gasteiger partial charge in [0, 0.05) is 30.3 Å². The maximum Gasteiger partial charge on any atom is 0.225 e.